The first-order chi connectivity index (χ1) is 8.47. The van der Waals surface area contributed by atoms with E-state index in [1.54, 1.807) is 30.0 Å². The maximum atomic E-state index is 13.9. The van der Waals surface area contributed by atoms with Crippen LogP contribution < -0.4 is 5.73 Å². The highest BCUT2D eigenvalue weighted by Crippen LogP contribution is 2.30. The first kappa shape index (κ1) is 13.0. The van der Waals surface area contributed by atoms with Gasteiger partial charge in [-0.25, -0.2) is 4.39 Å². The second kappa shape index (κ2) is 4.69. The standard InChI is InChI=1S/C14H19FN2O/c1-10-4-3-5-11(12(10)15)13(18)17-7-6-14(2,8-16)9-17/h3-5H,6-9,16H2,1-2H3. The lowest BCUT2D eigenvalue weighted by molar-refractivity contribution is 0.0772. The molecule has 1 saturated heterocycles. The summed E-state index contributed by atoms with van der Waals surface area (Å²) in [7, 11) is 0. The number of amides is 1. The van der Waals surface area contributed by atoms with Gasteiger partial charge in [-0.2, -0.15) is 0 Å². The summed E-state index contributed by atoms with van der Waals surface area (Å²) in [6.45, 7) is 5.54. The second-order valence-electron chi connectivity index (χ2n) is 5.43. The predicted octanol–water partition coefficient (Wildman–Crippen LogP) is 1.95. The molecule has 0 spiro atoms. The van der Waals surface area contributed by atoms with Crippen molar-refractivity contribution >= 4 is 5.91 Å². The molecule has 1 aromatic carbocycles. The minimum atomic E-state index is -0.413. The number of nitrogens with two attached hydrogens (primary N) is 1. The number of rotatable bonds is 2. The zero-order valence-electron chi connectivity index (χ0n) is 10.9. The predicted molar refractivity (Wildman–Crippen MR) is 68.8 cm³/mol. The zero-order chi connectivity index (χ0) is 13.3. The number of hydrogen-bond donors (Lipinski definition) is 1. The zero-order valence-corrected chi connectivity index (χ0v) is 10.9. The highest BCUT2D eigenvalue weighted by Gasteiger charge is 2.35. The molecule has 1 aliphatic rings. The van der Waals surface area contributed by atoms with Crippen LogP contribution in [0.15, 0.2) is 18.2 Å². The van der Waals surface area contributed by atoms with Gasteiger partial charge in [0, 0.05) is 13.1 Å². The molecule has 1 unspecified atom stereocenters. The molecule has 4 heteroatoms. The Balaban J connectivity index is 2.21. The van der Waals surface area contributed by atoms with Crippen molar-refractivity contribution in [2.45, 2.75) is 20.3 Å². The van der Waals surface area contributed by atoms with Gasteiger partial charge in [0.15, 0.2) is 0 Å². The van der Waals surface area contributed by atoms with Crippen LogP contribution in [0, 0.1) is 18.2 Å². The molecule has 1 aromatic rings. The molecule has 2 N–H and O–H groups in total. The van der Waals surface area contributed by atoms with E-state index < -0.39 is 5.82 Å². The molecule has 1 amide bonds. The Labute approximate surface area is 107 Å². The van der Waals surface area contributed by atoms with Crippen LogP contribution in [0.1, 0.15) is 29.3 Å². The van der Waals surface area contributed by atoms with Gasteiger partial charge < -0.3 is 10.6 Å². The van der Waals surface area contributed by atoms with E-state index in [-0.39, 0.29) is 16.9 Å². The average Bonchev–Trinajstić information content (AvgIpc) is 2.75. The molecular weight excluding hydrogens is 231 g/mol. The largest absolute Gasteiger partial charge is 0.338 e. The third-order valence-electron chi connectivity index (χ3n) is 3.76. The van der Waals surface area contributed by atoms with Crippen LogP contribution >= 0.6 is 0 Å². The van der Waals surface area contributed by atoms with E-state index in [9.17, 15) is 9.18 Å². The summed E-state index contributed by atoms with van der Waals surface area (Å²) in [6, 6.07) is 4.92. The van der Waals surface area contributed by atoms with Crippen molar-refractivity contribution in [1.29, 1.82) is 0 Å². The van der Waals surface area contributed by atoms with Gasteiger partial charge in [0.05, 0.1) is 5.56 Å². The number of hydrogen-bond acceptors (Lipinski definition) is 2. The topological polar surface area (TPSA) is 46.3 Å². The summed E-state index contributed by atoms with van der Waals surface area (Å²) in [5.74, 6) is -0.641. The normalized spacial score (nSPS) is 23.4. The van der Waals surface area contributed by atoms with Gasteiger partial charge in [0.25, 0.3) is 5.91 Å². The number of nitrogens with zero attached hydrogens (tertiary/aromatic N) is 1. The van der Waals surface area contributed by atoms with Crippen LogP contribution in [-0.2, 0) is 0 Å². The summed E-state index contributed by atoms with van der Waals surface area (Å²) >= 11 is 0. The van der Waals surface area contributed by atoms with E-state index in [0.717, 1.165) is 6.42 Å². The number of halogens is 1. The molecule has 1 heterocycles. The smallest absolute Gasteiger partial charge is 0.256 e. The molecule has 18 heavy (non-hydrogen) atoms. The molecule has 2 rings (SSSR count). The number of aryl methyl sites for hydroxylation is 1. The van der Waals surface area contributed by atoms with Gasteiger partial charge in [-0.05, 0) is 36.9 Å². The van der Waals surface area contributed by atoms with E-state index in [1.165, 1.54) is 0 Å². The molecule has 98 valence electrons. The first-order valence-corrected chi connectivity index (χ1v) is 6.21. The van der Waals surface area contributed by atoms with E-state index >= 15 is 0 Å². The fourth-order valence-corrected chi connectivity index (χ4v) is 2.35. The van der Waals surface area contributed by atoms with Crippen molar-refractivity contribution < 1.29 is 9.18 Å². The Morgan fingerprint density at radius 2 is 2.28 bits per heavy atom. The lowest BCUT2D eigenvalue weighted by Gasteiger charge is -2.22. The minimum absolute atomic E-state index is 0.0318. The fourth-order valence-electron chi connectivity index (χ4n) is 2.35. The second-order valence-corrected chi connectivity index (χ2v) is 5.43. The summed E-state index contributed by atoms with van der Waals surface area (Å²) in [5, 5.41) is 0. The maximum Gasteiger partial charge on any atom is 0.256 e. The van der Waals surface area contributed by atoms with E-state index in [2.05, 4.69) is 6.92 Å². The lowest BCUT2D eigenvalue weighted by atomic mass is 9.90. The highest BCUT2D eigenvalue weighted by atomic mass is 19.1. The van der Waals surface area contributed by atoms with Crippen molar-refractivity contribution in [1.82, 2.24) is 4.90 Å². The van der Waals surface area contributed by atoms with E-state index in [4.69, 9.17) is 5.73 Å². The van der Waals surface area contributed by atoms with Crippen molar-refractivity contribution in [3.8, 4) is 0 Å². The Bertz CT molecular complexity index is 475. The van der Waals surface area contributed by atoms with Crippen molar-refractivity contribution in [2.24, 2.45) is 11.1 Å². The van der Waals surface area contributed by atoms with Gasteiger partial charge in [0.2, 0.25) is 0 Å². The van der Waals surface area contributed by atoms with Gasteiger partial charge in [-0.15, -0.1) is 0 Å². The minimum Gasteiger partial charge on any atom is -0.338 e. The molecule has 0 bridgehead atoms. The first-order valence-electron chi connectivity index (χ1n) is 6.21. The van der Waals surface area contributed by atoms with Crippen LogP contribution in [0.4, 0.5) is 4.39 Å². The molecule has 1 atom stereocenters. The van der Waals surface area contributed by atoms with Gasteiger partial charge in [0.1, 0.15) is 5.82 Å². The van der Waals surface area contributed by atoms with Crippen molar-refractivity contribution in [3.05, 3.63) is 35.1 Å². The maximum absolute atomic E-state index is 13.9. The average molecular weight is 250 g/mol. The van der Waals surface area contributed by atoms with Crippen molar-refractivity contribution in [3.63, 3.8) is 0 Å². The van der Waals surface area contributed by atoms with E-state index in [0.29, 0.717) is 25.2 Å². The Kier molecular flexibility index (Phi) is 3.39. The van der Waals surface area contributed by atoms with E-state index in [1.807, 2.05) is 0 Å². The summed E-state index contributed by atoms with van der Waals surface area (Å²) in [6.07, 6.45) is 0.878. The van der Waals surface area contributed by atoms with Crippen LogP contribution in [0.2, 0.25) is 0 Å². The number of likely N-dealkylation sites (tertiary alicyclic amines) is 1. The van der Waals surface area contributed by atoms with Crippen LogP contribution in [0.3, 0.4) is 0 Å². The molecule has 3 nitrogen and oxygen atoms in total. The Hall–Kier alpha value is -1.42. The van der Waals surface area contributed by atoms with Gasteiger partial charge in [-0.3, -0.25) is 4.79 Å². The monoisotopic (exact) mass is 250 g/mol. The molecular formula is C14H19FN2O. The summed E-state index contributed by atoms with van der Waals surface area (Å²) in [4.78, 5) is 14.0. The fraction of sp³-hybridized carbons (Fsp3) is 0.500. The lowest BCUT2D eigenvalue weighted by Crippen LogP contribution is -2.34. The van der Waals surface area contributed by atoms with Gasteiger partial charge >= 0.3 is 0 Å². The SMILES string of the molecule is Cc1cccc(C(=O)N2CCC(C)(CN)C2)c1F. The number of carbonyl (C=O) groups excluding carboxylic acids is 1. The van der Waals surface area contributed by atoms with Crippen LogP contribution in [0.25, 0.3) is 0 Å². The Morgan fingerprint density at radius 1 is 1.56 bits per heavy atom. The molecule has 0 aromatic heterocycles. The highest BCUT2D eigenvalue weighted by molar-refractivity contribution is 5.94. The summed E-state index contributed by atoms with van der Waals surface area (Å²) in [5.41, 5.74) is 6.34. The quantitative estimate of drug-likeness (QED) is 0.872. The van der Waals surface area contributed by atoms with Crippen LogP contribution in [0.5, 0.6) is 0 Å². The number of benzene rings is 1. The third kappa shape index (κ3) is 2.25. The van der Waals surface area contributed by atoms with Crippen molar-refractivity contribution in [2.75, 3.05) is 19.6 Å². The summed E-state index contributed by atoms with van der Waals surface area (Å²) < 4.78 is 13.9. The molecule has 0 aliphatic carbocycles. The molecule has 1 fully saturated rings. The third-order valence-corrected chi connectivity index (χ3v) is 3.76. The molecule has 1 aliphatic heterocycles. The van der Waals surface area contributed by atoms with Crippen LogP contribution in [-0.4, -0.2) is 30.4 Å². The molecule has 0 saturated carbocycles. The van der Waals surface area contributed by atoms with Gasteiger partial charge in [-0.1, -0.05) is 19.1 Å². The Morgan fingerprint density at radius 3 is 2.89 bits per heavy atom. The number of carbonyl (C=O) groups is 1. The molecule has 0 radical (unpaired) electrons.